The Morgan fingerprint density at radius 3 is 2.95 bits per heavy atom. The van der Waals surface area contributed by atoms with Gasteiger partial charge in [-0.2, -0.15) is 5.26 Å². The van der Waals surface area contributed by atoms with Gasteiger partial charge in [0.25, 0.3) is 0 Å². The summed E-state index contributed by atoms with van der Waals surface area (Å²) in [4.78, 5) is 14.6. The Kier molecular flexibility index (Phi) is 3.24. The van der Waals surface area contributed by atoms with Gasteiger partial charge in [-0.3, -0.25) is 10.1 Å². The zero-order valence-corrected chi connectivity index (χ0v) is 10.8. The number of nitrogens with one attached hydrogen (secondary N) is 1. The van der Waals surface area contributed by atoms with E-state index in [1.807, 2.05) is 6.07 Å². The van der Waals surface area contributed by atoms with Gasteiger partial charge in [-0.25, -0.2) is 4.98 Å². The SMILES string of the molecule is N#Cc1cnc(NC2CCOC2C2CC2)c([N+](=O)[O-])c1. The molecule has 0 bridgehead atoms. The monoisotopic (exact) mass is 274 g/mol. The number of nitriles is 1. The van der Waals surface area contributed by atoms with Gasteiger partial charge in [0.15, 0.2) is 0 Å². The highest BCUT2D eigenvalue weighted by molar-refractivity contribution is 5.59. The molecule has 0 spiro atoms. The fraction of sp³-hybridized carbons (Fsp3) is 0.538. The van der Waals surface area contributed by atoms with Gasteiger partial charge in [-0.05, 0) is 25.2 Å². The Bertz CT molecular complexity index is 579. The maximum atomic E-state index is 11.1. The molecule has 2 unspecified atom stereocenters. The molecule has 0 aromatic carbocycles. The second-order valence-corrected chi connectivity index (χ2v) is 5.17. The van der Waals surface area contributed by atoms with Crippen LogP contribution in [0.2, 0.25) is 0 Å². The molecule has 1 aliphatic heterocycles. The van der Waals surface area contributed by atoms with Crippen LogP contribution in [0.1, 0.15) is 24.8 Å². The molecule has 1 N–H and O–H groups in total. The van der Waals surface area contributed by atoms with Crippen LogP contribution >= 0.6 is 0 Å². The first-order chi connectivity index (χ1) is 9.69. The molecule has 7 heteroatoms. The molecule has 1 saturated carbocycles. The van der Waals surface area contributed by atoms with Crippen LogP contribution in [-0.4, -0.2) is 28.7 Å². The normalized spacial score (nSPS) is 25.1. The van der Waals surface area contributed by atoms with E-state index in [9.17, 15) is 10.1 Å². The van der Waals surface area contributed by atoms with Gasteiger partial charge >= 0.3 is 5.69 Å². The second kappa shape index (κ2) is 5.06. The van der Waals surface area contributed by atoms with E-state index in [1.165, 1.54) is 12.3 Å². The second-order valence-electron chi connectivity index (χ2n) is 5.17. The quantitative estimate of drug-likeness (QED) is 0.664. The number of hydrogen-bond donors (Lipinski definition) is 1. The third-order valence-corrected chi connectivity index (χ3v) is 3.74. The van der Waals surface area contributed by atoms with Gasteiger partial charge in [-0.15, -0.1) is 0 Å². The molecule has 2 fully saturated rings. The Labute approximate surface area is 115 Å². The molecular formula is C13H14N4O3. The number of pyridine rings is 1. The van der Waals surface area contributed by atoms with Gasteiger partial charge in [-0.1, -0.05) is 0 Å². The molecule has 1 aromatic heterocycles. The molecule has 0 amide bonds. The van der Waals surface area contributed by atoms with Gasteiger partial charge in [0.05, 0.1) is 22.6 Å². The predicted molar refractivity (Wildman–Crippen MR) is 70.1 cm³/mol. The summed E-state index contributed by atoms with van der Waals surface area (Å²) in [7, 11) is 0. The predicted octanol–water partition coefficient (Wildman–Crippen LogP) is 1.84. The maximum absolute atomic E-state index is 11.1. The Morgan fingerprint density at radius 2 is 2.30 bits per heavy atom. The molecule has 0 radical (unpaired) electrons. The zero-order chi connectivity index (χ0) is 14.1. The summed E-state index contributed by atoms with van der Waals surface area (Å²) in [6, 6.07) is 3.17. The first-order valence-corrected chi connectivity index (χ1v) is 6.61. The van der Waals surface area contributed by atoms with E-state index in [4.69, 9.17) is 10.00 Å². The minimum Gasteiger partial charge on any atom is -0.376 e. The summed E-state index contributed by atoms with van der Waals surface area (Å²) < 4.78 is 5.69. The fourth-order valence-electron chi connectivity index (χ4n) is 2.60. The van der Waals surface area contributed by atoms with E-state index in [0.717, 1.165) is 19.3 Å². The van der Waals surface area contributed by atoms with Gasteiger partial charge in [0.1, 0.15) is 6.07 Å². The summed E-state index contributed by atoms with van der Waals surface area (Å²) in [6.07, 6.45) is 4.60. The number of anilines is 1. The van der Waals surface area contributed by atoms with E-state index < -0.39 is 4.92 Å². The van der Waals surface area contributed by atoms with Crippen molar-refractivity contribution in [2.24, 2.45) is 5.92 Å². The van der Waals surface area contributed by atoms with Crippen molar-refractivity contribution in [2.45, 2.75) is 31.4 Å². The highest BCUT2D eigenvalue weighted by atomic mass is 16.6. The van der Waals surface area contributed by atoms with Crippen LogP contribution in [0.25, 0.3) is 0 Å². The van der Waals surface area contributed by atoms with Crippen LogP contribution in [0.5, 0.6) is 0 Å². The summed E-state index contributed by atoms with van der Waals surface area (Å²) in [5.41, 5.74) is 0.0224. The van der Waals surface area contributed by atoms with Crippen LogP contribution in [0.3, 0.4) is 0 Å². The Morgan fingerprint density at radius 1 is 1.50 bits per heavy atom. The highest BCUT2D eigenvalue weighted by Crippen LogP contribution is 2.40. The summed E-state index contributed by atoms with van der Waals surface area (Å²) in [5.74, 6) is 0.780. The molecule has 1 aliphatic carbocycles. The number of rotatable bonds is 4. The molecule has 2 atom stereocenters. The number of nitrogens with zero attached hydrogens (tertiary/aromatic N) is 3. The number of nitro groups is 1. The lowest BCUT2D eigenvalue weighted by Crippen LogP contribution is -2.31. The lowest BCUT2D eigenvalue weighted by molar-refractivity contribution is -0.384. The lowest BCUT2D eigenvalue weighted by atomic mass is 10.1. The molecule has 2 heterocycles. The minimum absolute atomic E-state index is 0.0571. The van der Waals surface area contributed by atoms with Crippen LogP contribution in [0.4, 0.5) is 11.5 Å². The van der Waals surface area contributed by atoms with E-state index >= 15 is 0 Å². The Hall–Kier alpha value is -2.20. The van der Waals surface area contributed by atoms with Crippen LogP contribution < -0.4 is 5.32 Å². The van der Waals surface area contributed by atoms with Crippen molar-refractivity contribution in [2.75, 3.05) is 11.9 Å². The standard InChI is InChI=1S/C13H14N4O3/c14-6-8-5-11(17(18)19)13(15-7-8)16-10-3-4-20-12(10)9-1-2-9/h5,7,9-10,12H,1-4H2,(H,15,16). The molecular weight excluding hydrogens is 260 g/mol. The van der Waals surface area contributed by atoms with Crippen molar-refractivity contribution >= 4 is 11.5 Å². The average molecular weight is 274 g/mol. The van der Waals surface area contributed by atoms with Gasteiger partial charge in [0, 0.05) is 18.9 Å². The van der Waals surface area contributed by atoms with Crippen LogP contribution in [-0.2, 0) is 4.74 Å². The molecule has 2 aliphatic rings. The summed E-state index contributed by atoms with van der Waals surface area (Å²) in [5, 5.41) is 23.0. The molecule has 104 valence electrons. The summed E-state index contributed by atoms with van der Waals surface area (Å²) in [6.45, 7) is 0.670. The van der Waals surface area contributed by atoms with E-state index in [1.54, 1.807) is 0 Å². The molecule has 3 rings (SSSR count). The first-order valence-electron chi connectivity index (χ1n) is 6.61. The number of ether oxygens (including phenoxy) is 1. The molecule has 20 heavy (non-hydrogen) atoms. The lowest BCUT2D eigenvalue weighted by Gasteiger charge is -2.19. The Balaban J connectivity index is 1.83. The first kappa shape index (κ1) is 12.8. The van der Waals surface area contributed by atoms with Gasteiger partial charge < -0.3 is 10.1 Å². The van der Waals surface area contributed by atoms with Gasteiger partial charge in [0.2, 0.25) is 5.82 Å². The number of hydrogen-bond acceptors (Lipinski definition) is 6. The highest BCUT2D eigenvalue weighted by Gasteiger charge is 2.41. The van der Waals surface area contributed by atoms with Crippen molar-refractivity contribution in [3.05, 3.63) is 27.9 Å². The summed E-state index contributed by atoms with van der Waals surface area (Å²) >= 11 is 0. The van der Waals surface area contributed by atoms with Crippen LogP contribution in [0.15, 0.2) is 12.3 Å². The van der Waals surface area contributed by atoms with Crippen LogP contribution in [0, 0.1) is 27.4 Å². The average Bonchev–Trinajstić information content (AvgIpc) is 3.19. The third kappa shape index (κ3) is 2.42. The van der Waals surface area contributed by atoms with E-state index in [2.05, 4.69) is 10.3 Å². The minimum atomic E-state index is -0.516. The topological polar surface area (TPSA) is 101 Å². The van der Waals surface area contributed by atoms with Crippen molar-refractivity contribution in [1.82, 2.24) is 4.98 Å². The van der Waals surface area contributed by atoms with E-state index in [-0.39, 0.29) is 29.2 Å². The zero-order valence-electron chi connectivity index (χ0n) is 10.8. The number of aromatic nitrogens is 1. The molecule has 1 aromatic rings. The largest absolute Gasteiger partial charge is 0.376 e. The van der Waals surface area contributed by atoms with Crippen molar-refractivity contribution < 1.29 is 9.66 Å². The molecule has 7 nitrogen and oxygen atoms in total. The smallest absolute Gasteiger partial charge is 0.312 e. The van der Waals surface area contributed by atoms with E-state index in [0.29, 0.717) is 12.5 Å². The maximum Gasteiger partial charge on any atom is 0.312 e. The van der Waals surface area contributed by atoms with Crippen molar-refractivity contribution in [3.63, 3.8) is 0 Å². The van der Waals surface area contributed by atoms with Crippen molar-refractivity contribution in [1.29, 1.82) is 5.26 Å². The third-order valence-electron chi connectivity index (χ3n) is 3.74. The molecule has 1 saturated heterocycles. The fourth-order valence-corrected chi connectivity index (χ4v) is 2.60. The van der Waals surface area contributed by atoms with Crippen molar-refractivity contribution in [3.8, 4) is 6.07 Å².